The quantitative estimate of drug-likeness (QED) is 0.813. The van der Waals surface area contributed by atoms with Gasteiger partial charge in [-0.05, 0) is 48.4 Å². The summed E-state index contributed by atoms with van der Waals surface area (Å²) >= 11 is 6.22. The van der Waals surface area contributed by atoms with Crippen LogP contribution in [0.2, 0.25) is 5.02 Å². The van der Waals surface area contributed by atoms with Gasteiger partial charge in [-0.25, -0.2) is 0 Å². The molecule has 0 spiro atoms. The lowest BCUT2D eigenvalue weighted by Crippen LogP contribution is -2.08. The van der Waals surface area contributed by atoms with E-state index in [-0.39, 0.29) is 0 Å². The second-order valence-corrected chi connectivity index (χ2v) is 4.60. The zero-order valence-electron chi connectivity index (χ0n) is 8.46. The monoisotopic (exact) mass is 209 g/mol. The van der Waals surface area contributed by atoms with Crippen molar-refractivity contribution in [3.8, 4) is 0 Å². The molecule has 2 N–H and O–H groups in total. The van der Waals surface area contributed by atoms with Crippen LogP contribution in [-0.4, -0.2) is 6.54 Å². The van der Waals surface area contributed by atoms with Gasteiger partial charge in [0.15, 0.2) is 0 Å². The number of nitrogens with two attached hydrogens (primary N) is 1. The van der Waals surface area contributed by atoms with E-state index in [9.17, 15) is 0 Å². The Kier molecular flexibility index (Phi) is 2.80. The molecule has 0 heterocycles. The summed E-state index contributed by atoms with van der Waals surface area (Å²) in [6.07, 6.45) is 2.59. The van der Waals surface area contributed by atoms with E-state index in [1.807, 2.05) is 0 Å². The lowest BCUT2D eigenvalue weighted by molar-refractivity contribution is 0.773. The van der Waals surface area contributed by atoms with Crippen molar-refractivity contribution >= 4 is 11.6 Å². The Bertz CT molecular complexity index is 331. The van der Waals surface area contributed by atoms with Gasteiger partial charge in [-0.15, -0.1) is 0 Å². The number of benzene rings is 1. The minimum atomic E-state index is 0.403. The Morgan fingerprint density at radius 1 is 1.50 bits per heavy atom. The molecule has 1 aliphatic carbocycles. The topological polar surface area (TPSA) is 26.0 Å². The molecule has 1 nitrogen and oxygen atoms in total. The molecule has 14 heavy (non-hydrogen) atoms. The van der Waals surface area contributed by atoms with E-state index in [1.165, 1.54) is 24.0 Å². The number of hydrogen-bond acceptors (Lipinski definition) is 1. The summed E-state index contributed by atoms with van der Waals surface area (Å²) in [4.78, 5) is 0. The van der Waals surface area contributed by atoms with Crippen molar-refractivity contribution in [1.29, 1.82) is 0 Å². The molecule has 0 aromatic heterocycles. The molecular weight excluding hydrogens is 194 g/mol. The van der Waals surface area contributed by atoms with E-state index >= 15 is 0 Å². The largest absolute Gasteiger partial charge is 0.330 e. The van der Waals surface area contributed by atoms with Gasteiger partial charge in [-0.3, -0.25) is 0 Å². The second kappa shape index (κ2) is 3.92. The summed E-state index contributed by atoms with van der Waals surface area (Å²) in [5.74, 6) is 1.13. The third-order valence-electron chi connectivity index (χ3n) is 2.96. The summed E-state index contributed by atoms with van der Waals surface area (Å²) in [7, 11) is 0. The van der Waals surface area contributed by atoms with Crippen molar-refractivity contribution in [1.82, 2.24) is 0 Å². The highest BCUT2D eigenvalue weighted by molar-refractivity contribution is 6.31. The number of hydrogen-bond donors (Lipinski definition) is 1. The summed E-state index contributed by atoms with van der Waals surface area (Å²) in [6.45, 7) is 2.81. The smallest absolute Gasteiger partial charge is 0.0443 e. The van der Waals surface area contributed by atoms with Gasteiger partial charge < -0.3 is 5.73 Å². The predicted molar refractivity (Wildman–Crippen MR) is 60.9 cm³/mol. The molecule has 1 atom stereocenters. The lowest BCUT2D eigenvalue weighted by atomic mass is 9.99. The number of rotatable bonds is 3. The van der Waals surface area contributed by atoms with Crippen molar-refractivity contribution in [2.45, 2.75) is 31.6 Å². The Hall–Kier alpha value is -0.530. The van der Waals surface area contributed by atoms with Crippen molar-refractivity contribution < 1.29 is 0 Å². The SMILES string of the molecule is CC(CN)c1ccc(C2CC2)c(Cl)c1. The molecule has 0 amide bonds. The summed E-state index contributed by atoms with van der Waals surface area (Å²) in [5.41, 5.74) is 8.19. The summed E-state index contributed by atoms with van der Waals surface area (Å²) in [6, 6.07) is 6.41. The van der Waals surface area contributed by atoms with Crippen LogP contribution in [0.25, 0.3) is 0 Å². The molecule has 1 aliphatic rings. The van der Waals surface area contributed by atoms with Crippen LogP contribution in [0.3, 0.4) is 0 Å². The summed E-state index contributed by atoms with van der Waals surface area (Å²) < 4.78 is 0. The number of halogens is 1. The van der Waals surface area contributed by atoms with Crippen LogP contribution in [0, 0.1) is 0 Å². The maximum absolute atomic E-state index is 6.22. The minimum absolute atomic E-state index is 0.403. The van der Waals surface area contributed by atoms with Crippen LogP contribution in [0.1, 0.15) is 42.7 Å². The first-order valence-corrected chi connectivity index (χ1v) is 5.59. The van der Waals surface area contributed by atoms with Gasteiger partial charge in [0.05, 0.1) is 0 Å². The van der Waals surface area contributed by atoms with Crippen LogP contribution in [0.5, 0.6) is 0 Å². The van der Waals surface area contributed by atoms with Gasteiger partial charge in [0, 0.05) is 5.02 Å². The van der Waals surface area contributed by atoms with E-state index in [2.05, 4.69) is 25.1 Å². The maximum Gasteiger partial charge on any atom is 0.0443 e. The van der Waals surface area contributed by atoms with Crippen LogP contribution in [0.4, 0.5) is 0 Å². The average Bonchev–Trinajstić information content (AvgIpc) is 3.00. The zero-order chi connectivity index (χ0) is 10.1. The van der Waals surface area contributed by atoms with Crippen LogP contribution in [-0.2, 0) is 0 Å². The Balaban J connectivity index is 2.25. The van der Waals surface area contributed by atoms with Crippen LogP contribution >= 0.6 is 11.6 Å². The molecule has 0 aliphatic heterocycles. The van der Waals surface area contributed by atoms with E-state index < -0.39 is 0 Å². The van der Waals surface area contributed by atoms with Gasteiger partial charge in [0.25, 0.3) is 0 Å². The van der Waals surface area contributed by atoms with Gasteiger partial charge in [-0.1, -0.05) is 30.7 Å². The fourth-order valence-electron chi connectivity index (χ4n) is 1.71. The Labute approximate surface area is 90.3 Å². The van der Waals surface area contributed by atoms with E-state index in [4.69, 9.17) is 17.3 Å². The Morgan fingerprint density at radius 3 is 2.71 bits per heavy atom. The highest BCUT2D eigenvalue weighted by Gasteiger charge is 2.25. The molecule has 1 saturated carbocycles. The maximum atomic E-state index is 6.22. The average molecular weight is 210 g/mol. The third kappa shape index (κ3) is 1.94. The first-order valence-electron chi connectivity index (χ1n) is 5.21. The normalized spacial score (nSPS) is 18.2. The standard InChI is InChI=1S/C12H16ClN/c1-8(7-14)10-4-5-11(9-2-3-9)12(13)6-10/h4-6,8-9H,2-3,7,14H2,1H3. The molecular formula is C12H16ClN. The second-order valence-electron chi connectivity index (χ2n) is 4.19. The molecule has 1 fully saturated rings. The predicted octanol–water partition coefficient (Wildman–Crippen LogP) is 3.28. The van der Waals surface area contributed by atoms with Gasteiger partial charge in [-0.2, -0.15) is 0 Å². The van der Waals surface area contributed by atoms with Crippen LogP contribution in [0.15, 0.2) is 18.2 Å². The fraction of sp³-hybridized carbons (Fsp3) is 0.500. The highest BCUT2D eigenvalue weighted by atomic mass is 35.5. The highest BCUT2D eigenvalue weighted by Crippen LogP contribution is 2.43. The molecule has 1 unspecified atom stereocenters. The van der Waals surface area contributed by atoms with Crippen molar-refractivity contribution in [3.05, 3.63) is 34.3 Å². The zero-order valence-corrected chi connectivity index (χ0v) is 9.22. The molecule has 2 rings (SSSR count). The van der Waals surface area contributed by atoms with Crippen molar-refractivity contribution in [3.63, 3.8) is 0 Å². The third-order valence-corrected chi connectivity index (χ3v) is 3.29. The van der Waals surface area contributed by atoms with E-state index in [0.717, 1.165) is 10.9 Å². The van der Waals surface area contributed by atoms with Gasteiger partial charge in [0.2, 0.25) is 0 Å². The lowest BCUT2D eigenvalue weighted by Gasteiger charge is -2.11. The molecule has 76 valence electrons. The molecule has 1 aromatic rings. The summed E-state index contributed by atoms with van der Waals surface area (Å²) in [5, 5.41) is 0.922. The fourth-order valence-corrected chi connectivity index (χ4v) is 2.05. The van der Waals surface area contributed by atoms with Crippen molar-refractivity contribution in [2.24, 2.45) is 5.73 Å². The molecule has 2 heteroatoms. The van der Waals surface area contributed by atoms with Crippen molar-refractivity contribution in [2.75, 3.05) is 6.54 Å². The Morgan fingerprint density at radius 2 is 2.21 bits per heavy atom. The first-order chi connectivity index (χ1) is 6.72. The minimum Gasteiger partial charge on any atom is -0.330 e. The van der Waals surface area contributed by atoms with E-state index in [1.54, 1.807) is 0 Å². The van der Waals surface area contributed by atoms with Gasteiger partial charge in [0.1, 0.15) is 0 Å². The first kappa shape index (κ1) is 10.0. The van der Waals surface area contributed by atoms with Crippen LogP contribution < -0.4 is 5.73 Å². The molecule has 0 saturated heterocycles. The molecule has 1 aromatic carbocycles. The van der Waals surface area contributed by atoms with Gasteiger partial charge >= 0.3 is 0 Å². The molecule has 0 radical (unpaired) electrons. The van der Waals surface area contributed by atoms with E-state index in [0.29, 0.717) is 12.5 Å². The molecule has 0 bridgehead atoms.